The average molecular weight is 306 g/mol. The fraction of sp³-hybridized carbons (Fsp3) is 0.105. The molecule has 0 bridgehead atoms. The first-order valence-electron chi connectivity index (χ1n) is 7.47. The summed E-state index contributed by atoms with van der Waals surface area (Å²) in [6.45, 7) is 0.173. The number of carbonyl (C=O) groups excluding carboxylic acids is 1. The predicted octanol–water partition coefficient (Wildman–Crippen LogP) is 3.38. The van der Waals surface area contributed by atoms with Gasteiger partial charge in [0.25, 0.3) is 0 Å². The monoisotopic (exact) mass is 306 g/mol. The van der Waals surface area contributed by atoms with Gasteiger partial charge in [-0.3, -0.25) is 4.79 Å². The molecule has 0 saturated heterocycles. The molecule has 3 rings (SSSR count). The summed E-state index contributed by atoms with van der Waals surface area (Å²) in [5.74, 6) is -0.420. The maximum absolute atomic E-state index is 11.2. The molecule has 1 amide bonds. The standard InChI is InChI=1S/C19H18N2O2/c22-13-19(23)21-17-9-4-8-16(11-17)20-12-15-7-3-6-14-5-1-2-10-18(14)15/h1-11,20,22H,12-13H2,(H,21,23). The van der Waals surface area contributed by atoms with Crippen LogP contribution in [-0.4, -0.2) is 17.6 Å². The van der Waals surface area contributed by atoms with Crippen LogP contribution in [0.4, 0.5) is 11.4 Å². The average Bonchev–Trinajstić information content (AvgIpc) is 2.60. The van der Waals surface area contributed by atoms with Crippen molar-refractivity contribution in [1.82, 2.24) is 0 Å². The lowest BCUT2D eigenvalue weighted by molar-refractivity contribution is -0.118. The quantitative estimate of drug-likeness (QED) is 0.677. The van der Waals surface area contributed by atoms with Crippen LogP contribution in [0, 0.1) is 0 Å². The molecule has 0 heterocycles. The van der Waals surface area contributed by atoms with E-state index in [1.54, 1.807) is 6.07 Å². The molecule has 0 unspecified atom stereocenters. The van der Waals surface area contributed by atoms with E-state index >= 15 is 0 Å². The fourth-order valence-corrected chi connectivity index (χ4v) is 2.55. The van der Waals surface area contributed by atoms with Gasteiger partial charge < -0.3 is 15.7 Å². The highest BCUT2D eigenvalue weighted by atomic mass is 16.3. The summed E-state index contributed by atoms with van der Waals surface area (Å²) in [4.78, 5) is 11.2. The van der Waals surface area contributed by atoms with Crippen LogP contribution in [0.3, 0.4) is 0 Å². The van der Waals surface area contributed by atoms with Crippen molar-refractivity contribution < 1.29 is 9.90 Å². The Morgan fingerprint density at radius 1 is 0.913 bits per heavy atom. The van der Waals surface area contributed by atoms with Gasteiger partial charge in [-0.1, -0.05) is 48.5 Å². The summed E-state index contributed by atoms with van der Waals surface area (Å²) in [6.07, 6.45) is 0. The van der Waals surface area contributed by atoms with Gasteiger partial charge in [-0.2, -0.15) is 0 Å². The highest BCUT2D eigenvalue weighted by Gasteiger charge is 2.03. The number of hydrogen-bond acceptors (Lipinski definition) is 3. The van der Waals surface area contributed by atoms with Crippen LogP contribution in [0.5, 0.6) is 0 Å². The lowest BCUT2D eigenvalue weighted by Gasteiger charge is -2.11. The maximum Gasteiger partial charge on any atom is 0.250 e. The van der Waals surface area contributed by atoms with Crippen LogP contribution in [0.25, 0.3) is 10.8 Å². The van der Waals surface area contributed by atoms with Crippen molar-refractivity contribution >= 4 is 28.1 Å². The normalized spacial score (nSPS) is 10.5. The van der Waals surface area contributed by atoms with Crippen LogP contribution in [0.15, 0.2) is 66.7 Å². The zero-order valence-corrected chi connectivity index (χ0v) is 12.6. The summed E-state index contributed by atoms with van der Waals surface area (Å²) in [5, 5.41) is 17.2. The first-order valence-corrected chi connectivity index (χ1v) is 7.47. The minimum atomic E-state index is -0.520. The number of nitrogens with one attached hydrogen (secondary N) is 2. The molecule has 3 aromatic carbocycles. The van der Waals surface area contributed by atoms with E-state index in [0.717, 1.165) is 5.69 Å². The highest BCUT2D eigenvalue weighted by molar-refractivity contribution is 5.92. The Bertz CT molecular complexity index is 825. The van der Waals surface area contributed by atoms with Crippen LogP contribution in [0.2, 0.25) is 0 Å². The number of benzene rings is 3. The van der Waals surface area contributed by atoms with Crippen LogP contribution in [-0.2, 0) is 11.3 Å². The second-order valence-corrected chi connectivity index (χ2v) is 5.28. The summed E-state index contributed by atoms with van der Waals surface area (Å²) in [6, 6.07) is 22.0. The Balaban J connectivity index is 1.75. The van der Waals surface area contributed by atoms with Gasteiger partial charge in [0.2, 0.25) is 5.91 Å². The van der Waals surface area contributed by atoms with E-state index in [4.69, 9.17) is 5.11 Å². The van der Waals surface area contributed by atoms with E-state index < -0.39 is 12.5 Å². The smallest absolute Gasteiger partial charge is 0.250 e. The Labute approximate surface area is 134 Å². The molecular weight excluding hydrogens is 288 g/mol. The number of carbonyl (C=O) groups is 1. The number of hydrogen-bond donors (Lipinski definition) is 3. The molecule has 0 fully saturated rings. The van der Waals surface area contributed by atoms with E-state index in [2.05, 4.69) is 41.0 Å². The van der Waals surface area contributed by atoms with Crippen LogP contribution < -0.4 is 10.6 Å². The van der Waals surface area contributed by atoms with Gasteiger partial charge in [-0.05, 0) is 34.5 Å². The van der Waals surface area contributed by atoms with Crippen molar-refractivity contribution in [3.8, 4) is 0 Å². The topological polar surface area (TPSA) is 61.4 Å². The molecule has 4 nitrogen and oxygen atoms in total. The minimum Gasteiger partial charge on any atom is -0.387 e. The minimum absolute atomic E-state index is 0.420. The molecule has 23 heavy (non-hydrogen) atoms. The van der Waals surface area contributed by atoms with Crippen molar-refractivity contribution in [3.05, 3.63) is 72.3 Å². The van der Waals surface area contributed by atoms with E-state index in [0.29, 0.717) is 12.2 Å². The van der Waals surface area contributed by atoms with E-state index in [9.17, 15) is 4.79 Å². The highest BCUT2D eigenvalue weighted by Crippen LogP contribution is 2.21. The Hall–Kier alpha value is -2.85. The second-order valence-electron chi connectivity index (χ2n) is 5.28. The van der Waals surface area contributed by atoms with Gasteiger partial charge in [0.15, 0.2) is 0 Å². The molecule has 0 radical (unpaired) electrons. The summed E-state index contributed by atoms with van der Waals surface area (Å²) >= 11 is 0. The number of fused-ring (bicyclic) bond motifs is 1. The van der Waals surface area contributed by atoms with Gasteiger partial charge >= 0.3 is 0 Å². The number of rotatable bonds is 5. The molecule has 3 aromatic rings. The first kappa shape index (κ1) is 15.1. The van der Waals surface area contributed by atoms with E-state index in [1.165, 1.54) is 16.3 Å². The Morgan fingerprint density at radius 3 is 2.52 bits per heavy atom. The zero-order chi connectivity index (χ0) is 16.1. The van der Waals surface area contributed by atoms with Crippen molar-refractivity contribution in [2.75, 3.05) is 17.2 Å². The largest absolute Gasteiger partial charge is 0.387 e. The fourth-order valence-electron chi connectivity index (χ4n) is 2.55. The Morgan fingerprint density at radius 2 is 1.65 bits per heavy atom. The van der Waals surface area contributed by atoms with Gasteiger partial charge in [-0.15, -0.1) is 0 Å². The Kier molecular flexibility index (Phi) is 4.54. The first-order chi connectivity index (χ1) is 11.3. The number of aliphatic hydroxyl groups excluding tert-OH is 1. The molecule has 0 spiro atoms. The van der Waals surface area contributed by atoms with Crippen LogP contribution >= 0.6 is 0 Å². The van der Waals surface area contributed by atoms with E-state index in [1.807, 2.05) is 30.3 Å². The number of anilines is 2. The molecule has 0 saturated carbocycles. The van der Waals surface area contributed by atoms with Crippen molar-refractivity contribution in [3.63, 3.8) is 0 Å². The second kappa shape index (κ2) is 6.94. The molecule has 0 atom stereocenters. The van der Waals surface area contributed by atoms with Crippen molar-refractivity contribution in [2.45, 2.75) is 6.54 Å². The lowest BCUT2D eigenvalue weighted by Crippen LogP contribution is -2.15. The molecule has 0 aromatic heterocycles. The third-order valence-corrected chi connectivity index (χ3v) is 3.65. The van der Waals surface area contributed by atoms with E-state index in [-0.39, 0.29) is 0 Å². The summed E-state index contributed by atoms with van der Waals surface area (Å²) in [7, 11) is 0. The summed E-state index contributed by atoms with van der Waals surface area (Å²) in [5.41, 5.74) is 2.79. The molecule has 0 aliphatic heterocycles. The molecular formula is C19H18N2O2. The predicted molar refractivity (Wildman–Crippen MR) is 93.4 cm³/mol. The lowest BCUT2D eigenvalue weighted by atomic mass is 10.0. The third-order valence-electron chi connectivity index (χ3n) is 3.65. The zero-order valence-electron chi connectivity index (χ0n) is 12.6. The molecule has 0 aliphatic carbocycles. The van der Waals surface area contributed by atoms with Crippen LogP contribution in [0.1, 0.15) is 5.56 Å². The molecule has 4 heteroatoms. The van der Waals surface area contributed by atoms with Gasteiger partial charge in [-0.25, -0.2) is 0 Å². The van der Waals surface area contributed by atoms with Gasteiger partial charge in [0.1, 0.15) is 6.61 Å². The molecule has 116 valence electrons. The molecule has 3 N–H and O–H groups in total. The van der Waals surface area contributed by atoms with Gasteiger partial charge in [0, 0.05) is 17.9 Å². The SMILES string of the molecule is O=C(CO)Nc1cccc(NCc2cccc3ccccc23)c1. The van der Waals surface area contributed by atoms with Gasteiger partial charge in [0.05, 0.1) is 0 Å². The molecule has 0 aliphatic rings. The third kappa shape index (κ3) is 3.67. The van der Waals surface area contributed by atoms with Crippen molar-refractivity contribution in [1.29, 1.82) is 0 Å². The van der Waals surface area contributed by atoms with Crippen molar-refractivity contribution in [2.24, 2.45) is 0 Å². The maximum atomic E-state index is 11.2. The number of amides is 1. The summed E-state index contributed by atoms with van der Waals surface area (Å²) < 4.78 is 0. The number of aliphatic hydroxyl groups is 1.